The number of rotatable bonds is 4. The van der Waals surface area contributed by atoms with E-state index in [1.165, 1.54) is 6.20 Å². The predicted molar refractivity (Wildman–Crippen MR) is 69.7 cm³/mol. The van der Waals surface area contributed by atoms with E-state index < -0.39 is 0 Å². The smallest absolute Gasteiger partial charge is 0.277 e. The zero-order chi connectivity index (χ0) is 13.7. The van der Waals surface area contributed by atoms with Crippen molar-refractivity contribution in [3.63, 3.8) is 0 Å². The molecule has 1 aromatic heterocycles. The summed E-state index contributed by atoms with van der Waals surface area (Å²) in [4.78, 5) is 23.0. The topological polar surface area (TPSA) is 99.8 Å². The number of benzene rings is 1. The molecule has 19 heavy (non-hydrogen) atoms. The molecule has 7 nitrogen and oxygen atoms in total. The van der Waals surface area contributed by atoms with Gasteiger partial charge in [0.15, 0.2) is 5.69 Å². The van der Waals surface area contributed by atoms with E-state index in [2.05, 4.69) is 26.0 Å². The monoisotopic (exact) mass is 259 g/mol. The molecule has 0 spiro atoms. The fourth-order valence-electron chi connectivity index (χ4n) is 1.43. The molecule has 0 aliphatic carbocycles. The van der Waals surface area contributed by atoms with Crippen LogP contribution in [0.4, 0.5) is 11.4 Å². The van der Waals surface area contributed by atoms with E-state index >= 15 is 0 Å². The lowest BCUT2D eigenvalue weighted by Gasteiger charge is -2.07. The molecule has 0 aliphatic heterocycles. The summed E-state index contributed by atoms with van der Waals surface area (Å²) in [5.74, 6) is -0.451. The number of aromatic amines is 1. The molecule has 0 unspecified atom stereocenters. The van der Waals surface area contributed by atoms with Crippen LogP contribution >= 0.6 is 0 Å². The zero-order valence-corrected chi connectivity index (χ0v) is 10.3. The Balaban J connectivity index is 2.07. The molecule has 0 atom stereocenters. The van der Waals surface area contributed by atoms with Gasteiger partial charge in [-0.05, 0) is 18.2 Å². The third kappa shape index (κ3) is 3.38. The fourth-order valence-corrected chi connectivity index (χ4v) is 1.43. The van der Waals surface area contributed by atoms with Gasteiger partial charge in [0.25, 0.3) is 5.91 Å². The molecule has 2 aromatic rings. The number of carbonyl (C=O) groups is 2. The normalized spacial score (nSPS) is 9.95. The van der Waals surface area contributed by atoms with E-state index in [1.54, 1.807) is 31.2 Å². The largest absolute Gasteiger partial charge is 0.326 e. The molecule has 2 amide bonds. The molecule has 0 fully saturated rings. The lowest BCUT2D eigenvalue weighted by Crippen LogP contribution is -2.13. The lowest BCUT2D eigenvalue weighted by molar-refractivity contribution is -0.115. The Morgan fingerprint density at radius 3 is 2.63 bits per heavy atom. The van der Waals surface area contributed by atoms with Crippen LogP contribution in [0.5, 0.6) is 0 Å². The summed E-state index contributed by atoms with van der Waals surface area (Å²) < 4.78 is 0. The molecule has 1 heterocycles. The van der Waals surface area contributed by atoms with Crippen molar-refractivity contribution >= 4 is 23.2 Å². The van der Waals surface area contributed by atoms with Gasteiger partial charge in [0.05, 0.1) is 6.20 Å². The van der Waals surface area contributed by atoms with Gasteiger partial charge in [-0.1, -0.05) is 13.0 Å². The van der Waals surface area contributed by atoms with Gasteiger partial charge < -0.3 is 10.6 Å². The second-order valence-electron chi connectivity index (χ2n) is 3.79. The van der Waals surface area contributed by atoms with Gasteiger partial charge in [-0.15, -0.1) is 0 Å². The predicted octanol–water partition coefficient (Wildman–Crippen LogP) is 1.41. The van der Waals surface area contributed by atoms with E-state index in [1.807, 2.05) is 0 Å². The second-order valence-corrected chi connectivity index (χ2v) is 3.79. The number of hydrogen-bond acceptors (Lipinski definition) is 4. The molecule has 3 N–H and O–H groups in total. The van der Waals surface area contributed by atoms with Crippen molar-refractivity contribution in [2.75, 3.05) is 10.6 Å². The summed E-state index contributed by atoms with van der Waals surface area (Å²) in [6.45, 7) is 1.77. The van der Waals surface area contributed by atoms with Crippen LogP contribution in [0.15, 0.2) is 30.5 Å². The number of amides is 2. The number of carbonyl (C=O) groups excluding carboxylic acids is 2. The van der Waals surface area contributed by atoms with Crippen LogP contribution in [0.3, 0.4) is 0 Å². The van der Waals surface area contributed by atoms with E-state index in [0.29, 0.717) is 17.8 Å². The van der Waals surface area contributed by atoms with Crippen molar-refractivity contribution in [3.8, 4) is 0 Å². The van der Waals surface area contributed by atoms with Gasteiger partial charge in [-0.25, -0.2) is 0 Å². The van der Waals surface area contributed by atoms with Crippen molar-refractivity contribution in [2.45, 2.75) is 13.3 Å². The SMILES string of the molecule is CCC(=O)Nc1cccc(NC(=O)c2cn[nH]n2)c1. The highest BCUT2D eigenvalue weighted by Gasteiger charge is 2.09. The summed E-state index contributed by atoms with van der Waals surface area (Å²) >= 11 is 0. The molecular formula is C12H13N5O2. The van der Waals surface area contributed by atoms with Crippen molar-refractivity contribution < 1.29 is 9.59 Å². The standard InChI is InChI=1S/C12H13N5O2/c1-2-11(18)14-8-4-3-5-9(6-8)15-12(19)10-7-13-17-16-10/h3-7H,2H2,1H3,(H,14,18)(H,15,19)(H,13,16,17). The van der Waals surface area contributed by atoms with Crippen molar-refractivity contribution in [1.82, 2.24) is 15.4 Å². The van der Waals surface area contributed by atoms with Crippen LogP contribution < -0.4 is 10.6 Å². The van der Waals surface area contributed by atoms with Crippen LogP contribution in [-0.4, -0.2) is 27.2 Å². The first-order chi connectivity index (χ1) is 9.19. The number of anilines is 2. The first kappa shape index (κ1) is 12.7. The summed E-state index contributed by atoms with van der Waals surface area (Å²) in [7, 11) is 0. The third-order valence-electron chi connectivity index (χ3n) is 2.37. The third-order valence-corrected chi connectivity index (χ3v) is 2.37. The Labute approximate surface area is 109 Å². The first-order valence-electron chi connectivity index (χ1n) is 5.76. The Bertz CT molecular complexity index is 580. The van der Waals surface area contributed by atoms with Gasteiger partial charge in [0.1, 0.15) is 0 Å². The molecule has 2 rings (SSSR count). The van der Waals surface area contributed by atoms with Crippen LogP contribution in [0, 0.1) is 0 Å². The first-order valence-corrected chi connectivity index (χ1v) is 5.76. The second kappa shape index (κ2) is 5.76. The number of aromatic nitrogens is 3. The molecular weight excluding hydrogens is 246 g/mol. The maximum Gasteiger partial charge on any atom is 0.277 e. The van der Waals surface area contributed by atoms with Crippen molar-refractivity contribution in [1.29, 1.82) is 0 Å². The highest BCUT2D eigenvalue weighted by molar-refractivity contribution is 6.03. The molecule has 1 aromatic carbocycles. The lowest BCUT2D eigenvalue weighted by atomic mass is 10.2. The highest BCUT2D eigenvalue weighted by Crippen LogP contribution is 2.15. The Hall–Kier alpha value is -2.70. The minimum absolute atomic E-state index is 0.0834. The quantitative estimate of drug-likeness (QED) is 0.772. The van der Waals surface area contributed by atoms with Crippen LogP contribution in [0.2, 0.25) is 0 Å². The van der Waals surface area contributed by atoms with E-state index in [0.717, 1.165) is 0 Å². The maximum atomic E-state index is 11.7. The Morgan fingerprint density at radius 2 is 2.00 bits per heavy atom. The number of nitrogens with zero attached hydrogens (tertiary/aromatic N) is 2. The van der Waals surface area contributed by atoms with E-state index in [9.17, 15) is 9.59 Å². The molecule has 0 radical (unpaired) electrons. The van der Waals surface area contributed by atoms with Gasteiger partial charge >= 0.3 is 0 Å². The van der Waals surface area contributed by atoms with E-state index in [-0.39, 0.29) is 17.5 Å². The zero-order valence-electron chi connectivity index (χ0n) is 10.3. The van der Waals surface area contributed by atoms with Crippen LogP contribution in [0.25, 0.3) is 0 Å². The summed E-state index contributed by atoms with van der Waals surface area (Å²) in [6, 6.07) is 6.88. The average molecular weight is 259 g/mol. The number of hydrogen-bond donors (Lipinski definition) is 3. The average Bonchev–Trinajstić information content (AvgIpc) is 2.93. The van der Waals surface area contributed by atoms with Gasteiger partial charge in [-0.3, -0.25) is 9.59 Å². The molecule has 0 bridgehead atoms. The molecule has 0 aliphatic rings. The van der Waals surface area contributed by atoms with Gasteiger partial charge in [0, 0.05) is 17.8 Å². The van der Waals surface area contributed by atoms with Gasteiger partial charge in [0.2, 0.25) is 5.91 Å². The van der Waals surface area contributed by atoms with E-state index in [4.69, 9.17) is 0 Å². The van der Waals surface area contributed by atoms with Crippen LogP contribution in [-0.2, 0) is 4.79 Å². The molecule has 98 valence electrons. The summed E-state index contributed by atoms with van der Waals surface area (Å²) in [5.41, 5.74) is 1.40. The Morgan fingerprint density at radius 1 is 1.26 bits per heavy atom. The van der Waals surface area contributed by atoms with Gasteiger partial charge in [-0.2, -0.15) is 15.4 Å². The summed E-state index contributed by atoms with van der Waals surface area (Å²) in [6.07, 6.45) is 1.73. The number of nitrogens with one attached hydrogen (secondary N) is 3. The maximum absolute atomic E-state index is 11.7. The minimum Gasteiger partial charge on any atom is -0.326 e. The van der Waals surface area contributed by atoms with Crippen molar-refractivity contribution in [3.05, 3.63) is 36.2 Å². The number of H-pyrrole nitrogens is 1. The minimum atomic E-state index is -0.368. The summed E-state index contributed by atoms with van der Waals surface area (Å²) in [5, 5.41) is 15.0. The highest BCUT2D eigenvalue weighted by atomic mass is 16.2. The van der Waals surface area contributed by atoms with Crippen molar-refractivity contribution in [2.24, 2.45) is 0 Å². The molecule has 0 saturated carbocycles. The Kier molecular flexibility index (Phi) is 3.87. The molecule has 7 heteroatoms. The molecule has 0 saturated heterocycles. The van der Waals surface area contributed by atoms with Crippen LogP contribution in [0.1, 0.15) is 23.8 Å². The fraction of sp³-hybridized carbons (Fsp3) is 0.167.